The van der Waals surface area contributed by atoms with Gasteiger partial charge in [-0.1, -0.05) is 37.5 Å². The lowest BCUT2D eigenvalue weighted by Gasteiger charge is -2.25. The van der Waals surface area contributed by atoms with Crippen LogP contribution in [-0.4, -0.2) is 33.0 Å². The lowest BCUT2D eigenvalue weighted by molar-refractivity contribution is 0.410. The molecule has 1 fully saturated rings. The third-order valence-electron chi connectivity index (χ3n) is 4.32. The number of benzene rings is 1. The van der Waals surface area contributed by atoms with E-state index in [9.17, 15) is 8.42 Å². The molecule has 6 nitrogen and oxygen atoms in total. The van der Waals surface area contributed by atoms with Crippen LogP contribution in [0.5, 0.6) is 0 Å². The first-order chi connectivity index (χ1) is 12.2. The van der Waals surface area contributed by atoms with E-state index in [4.69, 9.17) is 0 Å². The summed E-state index contributed by atoms with van der Waals surface area (Å²) < 4.78 is 28.1. The summed E-state index contributed by atoms with van der Waals surface area (Å²) in [6.45, 7) is 5.90. The van der Waals surface area contributed by atoms with Gasteiger partial charge in [-0.15, -0.1) is 0 Å². The topological polar surface area (TPSA) is 82.6 Å². The zero-order chi connectivity index (χ0) is 19.2. The van der Waals surface area contributed by atoms with Gasteiger partial charge in [-0.2, -0.15) is 0 Å². The first-order valence-electron chi connectivity index (χ1n) is 9.30. The maximum absolute atomic E-state index is 12.7. The average molecular weight is 381 g/mol. The van der Waals surface area contributed by atoms with Gasteiger partial charge in [-0.05, 0) is 45.2 Å². The third-order valence-corrected chi connectivity index (χ3v) is 6.18. The van der Waals surface area contributed by atoms with Gasteiger partial charge in [0.15, 0.2) is 5.96 Å². The van der Waals surface area contributed by atoms with Crippen LogP contribution in [0, 0.1) is 0 Å². The molecule has 0 saturated heterocycles. The van der Waals surface area contributed by atoms with E-state index in [0.29, 0.717) is 23.4 Å². The summed E-state index contributed by atoms with van der Waals surface area (Å²) in [5.74, 6) is 0.716. The molecule has 1 aliphatic carbocycles. The monoisotopic (exact) mass is 380 g/mol. The molecule has 0 spiro atoms. The van der Waals surface area contributed by atoms with Crippen molar-refractivity contribution in [2.24, 2.45) is 4.99 Å². The molecule has 1 aromatic rings. The van der Waals surface area contributed by atoms with Gasteiger partial charge in [0.25, 0.3) is 0 Å². The molecule has 146 valence electrons. The van der Waals surface area contributed by atoms with E-state index in [2.05, 4.69) is 20.3 Å². The maximum atomic E-state index is 12.7. The predicted octanol–water partition coefficient (Wildman–Crippen LogP) is 2.76. The van der Waals surface area contributed by atoms with Crippen LogP contribution < -0.4 is 15.4 Å². The number of hydrogen-bond donors (Lipinski definition) is 3. The van der Waals surface area contributed by atoms with Gasteiger partial charge in [0, 0.05) is 25.2 Å². The highest BCUT2D eigenvalue weighted by Crippen LogP contribution is 2.19. The Labute approximate surface area is 157 Å². The summed E-state index contributed by atoms with van der Waals surface area (Å²) in [6, 6.07) is 7.51. The molecule has 0 radical (unpaired) electrons. The van der Waals surface area contributed by atoms with Crippen LogP contribution in [0.1, 0.15) is 58.4 Å². The standard InChI is InChI=1S/C19H32N4O2S/c1-19(2,3)23-26(24,25)17-13-9-8-10-15(17)14-21-18(20-4)22-16-11-6-5-7-12-16/h8-10,13,16,23H,5-7,11-12,14H2,1-4H3,(H2,20,21,22). The highest BCUT2D eigenvalue weighted by atomic mass is 32.2. The van der Waals surface area contributed by atoms with Gasteiger partial charge in [0.05, 0.1) is 4.90 Å². The van der Waals surface area contributed by atoms with E-state index in [1.54, 1.807) is 19.2 Å². The van der Waals surface area contributed by atoms with E-state index in [-0.39, 0.29) is 0 Å². The van der Waals surface area contributed by atoms with Crippen molar-refractivity contribution in [2.75, 3.05) is 7.05 Å². The molecule has 1 aromatic carbocycles. The molecule has 0 bridgehead atoms. The molecule has 0 atom stereocenters. The molecular formula is C19H32N4O2S. The highest BCUT2D eigenvalue weighted by Gasteiger charge is 2.24. The van der Waals surface area contributed by atoms with Crippen molar-refractivity contribution in [2.45, 2.75) is 75.9 Å². The summed E-state index contributed by atoms with van der Waals surface area (Å²) >= 11 is 0. The van der Waals surface area contributed by atoms with Crippen LogP contribution in [-0.2, 0) is 16.6 Å². The van der Waals surface area contributed by atoms with E-state index in [1.165, 1.54) is 19.3 Å². The first kappa shape index (κ1) is 20.7. The Morgan fingerprint density at radius 2 is 1.81 bits per heavy atom. The summed E-state index contributed by atoms with van der Waals surface area (Å²) in [4.78, 5) is 4.58. The van der Waals surface area contributed by atoms with E-state index >= 15 is 0 Å². The predicted molar refractivity (Wildman–Crippen MR) is 107 cm³/mol. The number of hydrogen-bond acceptors (Lipinski definition) is 3. The molecular weight excluding hydrogens is 348 g/mol. The van der Waals surface area contributed by atoms with Crippen LogP contribution in [0.3, 0.4) is 0 Å². The smallest absolute Gasteiger partial charge is 0.241 e. The number of nitrogens with one attached hydrogen (secondary N) is 3. The second-order valence-corrected chi connectivity index (χ2v) is 9.52. The first-order valence-corrected chi connectivity index (χ1v) is 10.8. The Balaban J connectivity index is 2.07. The second-order valence-electron chi connectivity index (χ2n) is 7.87. The Hall–Kier alpha value is -1.60. The van der Waals surface area contributed by atoms with Crippen molar-refractivity contribution in [1.29, 1.82) is 0 Å². The number of sulfonamides is 1. The van der Waals surface area contributed by atoms with Crippen LogP contribution in [0.25, 0.3) is 0 Å². The van der Waals surface area contributed by atoms with Crippen LogP contribution in [0.15, 0.2) is 34.2 Å². The zero-order valence-electron chi connectivity index (χ0n) is 16.3. The number of rotatable bonds is 5. The zero-order valence-corrected chi connectivity index (χ0v) is 17.1. The second kappa shape index (κ2) is 8.86. The fourth-order valence-corrected chi connectivity index (χ4v) is 4.84. The lowest BCUT2D eigenvalue weighted by Crippen LogP contribution is -2.44. The summed E-state index contributed by atoms with van der Waals surface area (Å²) in [7, 11) is -1.84. The Morgan fingerprint density at radius 3 is 2.42 bits per heavy atom. The molecule has 0 aromatic heterocycles. The molecule has 0 amide bonds. The van der Waals surface area contributed by atoms with Crippen molar-refractivity contribution in [3.05, 3.63) is 29.8 Å². The number of nitrogens with zero attached hydrogens (tertiary/aromatic N) is 1. The minimum absolute atomic E-state index is 0.301. The number of guanidine groups is 1. The largest absolute Gasteiger partial charge is 0.354 e. The van der Waals surface area contributed by atoms with Crippen LogP contribution in [0.4, 0.5) is 0 Å². The minimum atomic E-state index is -3.58. The molecule has 1 saturated carbocycles. The molecule has 2 rings (SSSR count). The minimum Gasteiger partial charge on any atom is -0.354 e. The van der Waals surface area contributed by atoms with Crippen LogP contribution in [0.2, 0.25) is 0 Å². The van der Waals surface area contributed by atoms with Crippen molar-refractivity contribution in [3.63, 3.8) is 0 Å². The normalized spacial score (nSPS) is 17.2. The number of aliphatic imine (C=N–C) groups is 1. The van der Waals surface area contributed by atoms with E-state index in [1.807, 2.05) is 32.9 Å². The fourth-order valence-electron chi connectivity index (χ4n) is 3.18. The van der Waals surface area contributed by atoms with Gasteiger partial charge in [-0.25, -0.2) is 13.1 Å². The molecule has 0 aliphatic heterocycles. The van der Waals surface area contributed by atoms with Crippen molar-refractivity contribution in [1.82, 2.24) is 15.4 Å². The molecule has 1 aliphatic rings. The van der Waals surface area contributed by atoms with Gasteiger partial charge in [-0.3, -0.25) is 4.99 Å². The summed E-state index contributed by atoms with van der Waals surface area (Å²) in [5.41, 5.74) is 0.189. The lowest BCUT2D eigenvalue weighted by atomic mass is 9.96. The molecule has 7 heteroatoms. The van der Waals surface area contributed by atoms with Crippen molar-refractivity contribution >= 4 is 16.0 Å². The maximum Gasteiger partial charge on any atom is 0.241 e. The average Bonchev–Trinajstić information content (AvgIpc) is 2.57. The van der Waals surface area contributed by atoms with Crippen molar-refractivity contribution < 1.29 is 8.42 Å². The quantitative estimate of drug-likeness (QED) is 0.542. The highest BCUT2D eigenvalue weighted by molar-refractivity contribution is 7.89. The Morgan fingerprint density at radius 1 is 1.15 bits per heavy atom. The van der Waals surface area contributed by atoms with Gasteiger partial charge in [0.1, 0.15) is 0 Å². The molecule has 0 heterocycles. The summed E-state index contributed by atoms with van der Waals surface area (Å²) in [5, 5.41) is 6.70. The molecule has 3 N–H and O–H groups in total. The van der Waals surface area contributed by atoms with Gasteiger partial charge < -0.3 is 10.6 Å². The van der Waals surface area contributed by atoms with Crippen molar-refractivity contribution in [3.8, 4) is 0 Å². The summed E-state index contributed by atoms with van der Waals surface area (Å²) in [6.07, 6.45) is 6.10. The third kappa shape index (κ3) is 6.29. The SMILES string of the molecule is CN=C(NCc1ccccc1S(=O)(=O)NC(C)(C)C)NC1CCCCC1. The molecule has 0 unspecified atom stereocenters. The van der Waals surface area contributed by atoms with Crippen LogP contribution >= 0.6 is 0 Å². The molecule has 26 heavy (non-hydrogen) atoms. The van der Waals surface area contributed by atoms with E-state index < -0.39 is 15.6 Å². The Bertz CT molecular complexity index is 717. The van der Waals surface area contributed by atoms with Gasteiger partial charge in [0.2, 0.25) is 10.0 Å². The van der Waals surface area contributed by atoms with Gasteiger partial charge >= 0.3 is 0 Å². The van der Waals surface area contributed by atoms with E-state index in [0.717, 1.165) is 18.4 Å². The fraction of sp³-hybridized carbons (Fsp3) is 0.632. The Kier molecular flexibility index (Phi) is 7.06.